The fourth-order valence-electron chi connectivity index (χ4n) is 5.48. The second kappa shape index (κ2) is 15.2. The van der Waals surface area contributed by atoms with Crippen LogP contribution in [-0.2, 0) is 6.54 Å². The average molecular weight is 563 g/mol. The van der Waals surface area contributed by atoms with Gasteiger partial charge in [-0.2, -0.15) is 0 Å². The van der Waals surface area contributed by atoms with Crippen LogP contribution in [0.15, 0.2) is 96.7 Å². The number of nitrogens with zero attached hydrogens (tertiary/aromatic N) is 3. The molecule has 4 nitrogen and oxygen atoms in total. The lowest BCUT2D eigenvalue weighted by Gasteiger charge is -2.27. The topological polar surface area (TPSA) is 31.4 Å². The van der Waals surface area contributed by atoms with E-state index < -0.39 is 5.92 Å². The molecule has 1 atom stereocenters. The molecule has 1 aliphatic carbocycles. The SMILES string of the molecule is C=C(/C=C\C(=C/C)NC(=C)C(=C)C1CC(c2cncc(CN3CCC(F)(F)C3)c2)=CC=C1C)CN(CCC)CCC. The van der Waals surface area contributed by atoms with Crippen molar-refractivity contribution >= 4 is 5.57 Å². The van der Waals surface area contributed by atoms with E-state index in [-0.39, 0.29) is 18.9 Å². The minimum Gasteiger partial charge on any atom is -0.356 e. The molecule has 0 radical (unpaired) electrons. The average Bonchev–Trinajstić information content (AvgIpc) is 3.28. The van der Waals surface area contributed by atoms with Crippen molar-refractivity contribution in [1.29, 1.82) is 0 Å². The number of halogens is 2. The molecule has 0 bridgehead atoms. The number of rotatable bonds is 15. The molecule has 2 aliphatic rings. The summed E-state index contributed by atoms with van der Waals surface area (Å²) in [7, 11) is 0. The Morgan fingerprint density at radius 2 is 1.88 bits per heavy atom. The number of hydrogen-bond acceptors (Lipinski definition) is 4. The Hall–Kier alpha value is -3.09. The first-order chi connectivity index (χ1) is 19.5. The molecule has 1 aromatic heterocycles. The Bertz CT molecular complexity index is 1210. The van der Waals surface area contributed by atoms with Crippen molar-refractivity contribution in [1.82, 2.24) is 20.1 Å². The van der Waals surface area contributed by atoms with E-state index in [0.29, 0.717) is 13.1 Å². The Balaban J connectivity index is 1.61. The maximum absolute atomic E-state index is 13.7. The Labute approximate surface area is 246 Å². The van der Waals surface area contributed by atoms with E-state index in [2.05, 4.69) is 86.1 Å². The summed E-state index contributed by atoms with van der Waals surface area (Å²) in [6.07, 6.45) is 17.0. The molecule has 222 valence electrons. The molecule has 1 fully saturated rings. The molecule has 0 spiro atoms. The van der Waals surface area contributed by atoms with Crippen LogP contribution in [0.2, 0.25) is 0 Å². The smallest absolute Gasteiger partial charge is 0.261 e. The third-order valence-corrected chi connectivity index (χ3v) is 7.76. The highest BCUT2D eigenvalue weighted by molar-refractivity contribution is 5.70. The van der Waals surface area contributed by atoms with E-state index in [1.54, 1.807) is 11.1 Å². The lowest BCUT2D eigenvalue weighted by molar-refractivity contribution is 0.0115. The van der Waals surface area contributed by atoms with Crippen molar-refractivity contribution in [3.8, 4) is 0 Å². The Morgan fingerprint density at radius 3 is 2.51 bits per heavy atom. The van der Waals surface area contributed by atoms with Crippen molar-refractivity contribution < 1.29 is 8.78 Å². The van der Waals surface area contributed by atoms with Gasteiger partial charge in [0.15, 0.2) is 0 Å². The summed E-state index contributed by atoms with van der Waals surface area (Å²) >= 11 is 0. The molecule has 2 heterocycles. The maximum Gasteiger partial charge on any atom is 0.261 e. The first kappa shape index (κ1) is 32.4. The van der Waals surface area contributed by atoms with Crippen LogP contribution < -0.4 is 5.32 Å². The molecule has 1 saturated heterocycles. The molecule has 6 heteroatoms. The lowest BCUT2D eigenvalue weighted by Crippen LogP contribution is -2.27. The fraction of sp³-hybridized carbons (Fsp3) is 0.457. The molecule has 1 aliphatic heterocycles. The Kier molecular flexibility index (Phi) is 12.0. The predicted octanol–water partition coefficient (Wildman–Crippen LogP) is 8.07. The lowest BCUT2D eigenvalue weighted by atomic mass is 9.80. The van der Waals surface area contributed by atoms with Crippen LogP contribution in [0, 0.1) is 5.92 Å². The third-order valence-electron chi connectivity index (χ3n) is 7.76. The van der Waals surface area contributed by atoms with Gasteiger partial charge in [0.1, 0.15) is 0 Å². The quantitative estimate of drug-likeness (QED) is 0.219. The first-order valence-electron chi connectivity index (χ1n) is 14.9. The van der Waals surface area contributed by atoms with Gasteiger partial charge >= 0.3 is 0 Å². The standard InChI is InChI=1S/C35H48F2N4/c1-8-16-40(17-9-2)23-26(4)11-14-33(10-3)39-29(7)28(6)34-20-31(13-12-27(34)5)32-19-30(21-38-22-32)24-41-18-15-35(36,37)25-41/h10-14,19,21-22,34,39H,4,6-9,15-18,20,23-25H2,1-3,5H3/b14-11-,33-10+. The zero-order valence-electron chi connectivity index (χ0n) is 25.5. The van der Waals surface area contributed by atoms with Crippen molar-refractivity contribution in [2.75, 3.05) is 32.7 Å². The van der Waals surface area contributed by atoms with Gasteiger partial charge in [0.25, 0.3) is 5.92 Å². The fourth-order valence-corrected chi connectivity index (χ4v) is 5.48. The van der Waals surface area contributed by atoms with E-state index in [0.717, 1.165) is 78.1 Å². The van der Waals surface area contributed by atoms with Gasteiger partial charge in [-0.1, -0.05) is 63.5 Å². The number of likely N-dealkylation sites (tertiary alicyclic amines) is 1. The summed E-state index contributed by atoms with van der Waals surface area (Å²) in [6.45, 7) is 25.3. The third kappa shape index (κ3) is 9.75. The molecular formula is C35H48F2N4. The van der Waals surface area contributed by atoms with Gasteiger partial charge in [-0.25, -0.2) is 8.78 Å². The van der Waals surface area contributed by atoms with Crippen LogP contribution >= 0.6 is 0 Å². The highest BCUT2D eigenvalue weighted by Gasteiger charge is 2.38. The largest absolute Gasteiger partial charge is 0.356 e. The van der Waals surface area contributed by atoms with E-state index in [1.807, 2.05) is 19.2 Å². The molecule has 1 aromatic rings. The van der Waals surface area contributed by atoms with Crippen LogP contribution in [-0.4, -0.2) is 53.4 Å². The van der Waals surface area contributed by atoms with Crippen LogP contribution in [0.5, 0.6) is 0 Å². The van der Waals surface area contributed by atoms with Gasteiger partial charge in [-0.15, -0.1) is 0 Å². The van der Waals surface area contributed by atoms with Crippen molar-refractivity contribution in [3.05, 3.63) is 108 Å². The minimum atomic E-state index is -2.59. The van der Waals surface area contributed by atoms with Crippen LogP contribution in [0.25, 0.3) is 5.57 Å². The zero-order chi connectivity index (χ0) is 30.0. The summed E-state index contributed by atoms with van der Waals surface area (Å²) < 4.78 is 27.3. The van der Waals surface area contributed by atoms with E-state index in [1.165, 1.54) is 5.57 Å². The molecule has 0 saturated carbocycles. The molecule has 0 aromatic carbocycles. The minimum absolute atomic E-state index is 0.0763. The van der Waals surface area contributed by atoms with Crippen LogP contribution in [0.4, 0.5) is 8.78 Å². The van der Waals surface area contributed by atoms with Crippen molar-refractivity contribution in [2.24, 2.45) is 5.92 Å². The van der Waals surface area contributed by atoms with E-state index in [9.17, 15) is 8.78 Å². The van der Waals surface area contributed by atoms with Gasteiger partial charge in [0, 0.05) is 55.8 Å². The number of nitrogens with one attached hydrogen (secondary N) is 1. The highest BCUT2D eigenvalue weighted by Crippen LogP contribution is 2.37. The van der Waals surface area contributed by atoms with E-state index in [4.69, 9.17) is 0 Å². The second-order valence-corrected chi connectivity index (χ2v) is 11.4. The highest BCUT2D eigenvalue weighted by atomic mass is 19.3. The number of hydrogen-bond donors (Lipinski definition) is 1. The number of alkyl halides is 2. The maximum atomic E-state index is 13.7. The molecule has 1 unspecified atom stereocenters. The van der Waals surface area contributed by atoms with Gasteiger partial charge in [0.2, 0.25) is 0 Å². The molecule has 3 rings (SSSR count). The number of allylic oxidation sites excluding steroid dienone is 7. The summed E-state index contributed by atoms with van der Waals surface area (Å²) in [4.78, 5) is 8.67. The number of aromatic nitrogens is 1. The van der Waals surface area contributed by atoms with E-state index >= 15 is 0 Å². The monoisotopic (exact) mass is 562 g/mol. The second-order valence-electron chi connectivity index (χ2n) is 11.4. The molecule has 1 N–H and O–H groups in total. The van der Waals surface area contributed by atoms with Gasteiger partial charge < -0.3 is 5.32 Å². The molecule has 0 amide bonds. The summed E-state index contributed by atoms with van der Waals surface area (Å²) in [6, 6.07) is 2.08. The molecule has 41 heavy (non-hydrogen) atoms. The van der Waals surface area contributed by atoms with Crippen molar-refractivity contribution in [3.63, 3.8) is 0 Å². The number of pyridine rings is 1. The summed E-state index contributed by atoms with van der Waals surface area (Å²) in [5.74, 6) is -2.49. The zero-order valence-corrected chi connectivity index (χ0v) is 25.5. The van der Waals surface area contributed by atoms with Crippen molar-refractivity contribution in [2.45, 2.75) is 65.8 Å². The first-order valence-corrected chi connectivity index (χ1v) is 14.9. The summed E-state index contributed by atoms with van der Waals surface area (Å²) in [5.41, 5.74) is 8.10. The predicted molar refractivity (Wildman–Crippen MR) is 169 cm³/mol. The molecular weight excluding hydrogens is 514 g/mol. The summed E-state index contributed by atoms with van der Waals surface area (Å²) in [5, 5.41) is 3.45. The van der Waals surface area contributed by atoms with Crippen LogP contribution in [0.3, 0.4) is 0 Å². The Morgan fingerprint density at radius 1 is 1.15 bits per heavy atom. The van der Waals surface area contributed by atoms with Gasteiger partial charge in [-0.05, 0) is 86.2 Å². The van der Waals surface area contributed by atoms with Gasteiger partial charge in [-0.3, -0.25) is 14.8 Å². The van der Waals surface area contributed by atoms with Gasteiger partial charge in [0.05, 0.1) is 6.54 Å². The normalized spacial score (nSPS) is 19.4. The van der Waals surface area contributed by atoms with Crippen LogP contribution in [0.1, 0.15) is 64.5 Å².